The number of nitrogens with zero attached hydrogens (tertiary/aromatic N) is 1. The van der Waals surface area contributed by atoms with Crippen LogP contribution in [-0.4, -0.2) is 22.4 Å². The van der Waals surface area contributed by atoms with Crippen molar-refractivity contribution < 1.29 is 9.18 Å². The summed E-state index contributed by atoms with van der Waals surface area (Å²) in [7, 11) is 0. The molecule has 3 rings (SSSR count). The Kier molecular flexibility index (Phi) is 7.90. The minimum atomic E-state index is -1.42. The SMILES string of the molecule is CC(/C=C/[C@]1(F)CC1c1ccc(Cl)c(Cl)c1)=C\C(=O)N(CC(C)C)Sc1ccccc1. The van der Waals surface area contributed by atoms with Crippen molar-refractivity contribution >= 4 is 41.1 Å². The molecule has 1 unspecified atom stereocenters. The van der Waals surface area contributed by atoms with Gasteiger partial charge in [0.2, 0.25) is 0 Å². The lowest BCUT2D eigenvalue weighted by atomic mass is 10.1. The number of alkyl halides is 1. The highest BCUT2D eigenvalue weighted by Gasteiger charge is 2.54. The molecule has 0 N–H and O–H groups in total. The van der Waals surface area contributed by atoms with Crippen LogP contribution in [0.4, 0.5) is 4.39 Å². The fourth-order valence-electron chi connectivity index (χ4n) is 3.26. The topological polar surface area (TPSA) is 20.3 Å². The van der Waals surface area contributed by atoms with Crippen molar-refractivity contribution in [1.82, 2.24) is 4.31 Å². The number of allylic oxidation sites excluding steroid dienone is 3. The number of benzene rings is 2. The first-order valence-corrected chi connectivity index (χ1v) is 11.8. The van der Waals surface area contributed by atoms with E-state index in [0.717, 1.165) is 10.5 Å². The van der Waals surface area contributed by atoms with Crippen LogP contribution in [0.1, 0.15) is 38.7 Å². The lowest BCUT2D eigenvalue weighted by molar-refractivity contribution is -0.121. The molecule has 0 bridgehead atoms. The third-order valence-corrected chi connectivity index (χ3v) is 6.76. The maximum absolute atomic E-state index is 15.1. The molecule has 31 heavy (non-hydrogen) atoms. The molecule has 0 heterocycles. The summed E-state index contributed by atoms with van der Waals surface area (Å²) in [6, 6.07) is 15.0. The van der Waals surface area contributed by atoms with Crippen molar-refractivity contribution in [2.24, 2.45) is 5.92 Å². The number of halogens is 3. The van der Waals surface area contributed by atoms with Crippen molar-refractivity contribution in [3.63, 3.8) is 0 Å². The standard InChI is InChI=1S/C25H26Cl2FNOS/c1-17(2)16-29(31-20-7-5-4-6-8-20)24(30)13-18(3)11-12-25(28)15-21(25)19-9-10-22(26)23(27)14-19/h4-14,17,21H,15-16H2,1-3H3/b12-11+,18-13+/t21?,25-/m0/s1. The summed E-state index contributed by atoms with van der Waals surface area (Å²) < 4.78 is 16.9. The number of carbonyl (C=O) groups excluding carboxylic acids is 1. The quantitative estimate of drug-likeness (QED) is 0.219. The molecule has 6 heteroatoms. The van der Waals surface area contributed by atoms with Crippen molar-refractivity contribution in [3.05, 3.63) is 87.9 Å². The molecular formula is C25H26Cl2FNOS. The van der Waals surface area contributed by atoms with Gasteiger partial charge in [0, 0.05) is 23.4 Å². The van der Waals surface area contributed by atoms with Crippen LogP contribution in [0.25, 0.3) is 0 Å². The van der Waals surface area contributed by atoms with E-state index in [-0.39, 0.29) is 11.8 Å². The number of carbonyl (C=O) groups is 1. The maximum Gasteiger partial charge on any atom is 0.256 e. The van der Waals surface area contributed by atoms with Crippen LogP contribution in [0, 0.1) is 5.92 Å². The minimum absolute atomic E-state index is 0.102. The van der Waals surface area contributed by atoms with Gasteiger partial charge < -0.3 is 0 Å². The molecule has 2 aromatic carbocycles. The molecule has 0 aliphatic heterocycles. The molecule has 0 saturated heterocycles. The first-order chi connectivity index (χ1) is 14.7. The van der Waals surface area contributed by atoms with Gasteiger partial charge in [0.15, 0.2) is 0 Å². The predicted molar refractivity (Wildman–Crippen MR) is 129 cm³/mol. The highest BCUT2D eigenvalue weighted by molar-refractivity contribution is 7.97. The lowest BCUT2D eigenvalue weighted by Crippen LogP contribution is -2.26. The highest BCUT2D eigenvalue weighted by Crippen LogP contribution is 2.56. The Morgan fingerprint density at radius 3 is 2.58 bits per heavy atom. The van der Waals surface area contributed by atoms with E-state index in [1.165, 1.54) is 11.9 Å². The number of hydrogen-bond donors (Lipinski definition) is 0. The first-order valence-electron chi connectivity index (χ1n) is 10.2. The van der Waals surface area contributed by atoms with Gasteiger partial charge in [-0.3, -0.25) is 9.10 Å². The van der Waals surface area contributed by atoms with Crippen molar-refractivity contribution in [2.45, 2.75) is 43.7 Å². The molecule has 2 nitrogen and oxygen atoms in total. The summed E-state index contributed by atoms with van der Waals surface area (Å²) in [5, 5.41) is 0.892. The number of rotatable bonds is 8. The van der Waals surface area contributed by atoms with Gasteiger partial charge in [-0.05, 0) is 72.7 Å². The van der Waals surface area contributed by atoms with Crippen LogP contribution in [-0.2, 0) is 4.79 Å². The Hall–Kier alpha value is -1.75. The van der Waals surface area contributed by atoms with Gasteiger partial charge in [0.25, 0.3) is 5.91 Å². The van der Waals surface area contributed by atoms with Crippen LogP contribution in [0.15, 0.2) is 77.2 Å². The Balaban J connectivity index is 1.66. The number of amides is 1. The van der Waals surface area contributed by atoms with Crippen molar-refractivity contribution in [2.75, 3.05) is 6.54 Å². The molecule has 1 aliphatic rings. The van der Waals surface area contributed by atoms with E-state index in [1.807, 2.05) is 43.3 Å². The van der Waals surface area contributed by atoms with Crippen LogP contribution in [0.2, 0.25) is 10.0 Å². The highest BCUT2D eigenvalue weighted by atomic mass is 35.5. The Morgan fingerprint density at radius 2 is 1.94 bits per heavy atom. The van der Waals surface area contributed by atoms with E-state index in [0.29, 0.717) is 34.5 Å². The molecule has 2 aromatic rings. The zero-order chi connectivity index (χ0) is 22.6. The normalized spacial score (nSPS) is 21.0. The average molecular weight is 478 g/mol. The molecule has 1 saturated carbocycles. The Labute approximate surface area is 198 Å². The summed E-state index contributed by atoms with van der Waals surface area (Å²) in [5.74, 6) is -0.0144. The van der Waals surface area contributed by atoms with Gasteiger partial charge in [0.05, 0.1) is 10.0 Å². The smallest absolute Gasteiger partial charge is 0.256 e. The van der Waals surface area contributed by atoms with Gasteiger partial charge >= 0.3 is 0 Å². The lowest BCUT2D eigenvalue weighted by Gasteiger charge is -2.22. The zero-order valence-electron chi connectivity index (χ0n) is 17.8. The summed E-state index contributed by atoms with van der Waals surface area (Å²) >= 11 is 13.4. The Bertz CT molecular complexity index is 992. The van der Waals surface area contributed by atoms with E-state index in [1.54, 1.807) is 34.7 Å². The largest absolute Gasteiger partial charge is 0.278 e. The fourth-order valence-corrected chi connectivity index (χ4v) is 4.61. The van der Waals surface area contributed by atoms with Gasteiger partial charge in [-0.2, -0.15) is 0 Å². The number of hydrogen-bond acceptors (Lipinski definition) is 2. The van der Waals surface area contributed by atoms with Crippen LogP contribution in [0.5, 0.6) is 0 Å². The fraction of sp³-hybridized carbons (Fsp3) is 0.320. The van der Waals surface area contributed by atoms with E-state index < -0.39 is 5.67 Å². The van der Waals surface area contributed by atoms with Crippen LogP contribution >= 0.6 is 35.1 Å². The predicted octanol–water partition coefficient (Wildman–Crippen LogP) is 7.88. The molecule has 164 valence electrons. The molecule has 1 aliphatic carbocycles. The van der Waals surface area contributed by atoms with E-state index in [4.69, 9.17) is 23.2 Å². The first kappa shape index (κ1) is 23.9. The second kappa shape index (κ2) is 10.2. The van der Waals surface area contributed by atoms with Gasteiger partial charge in [-0.1, -0.05) is 67.4 Å². The van der Waals surface area contributed by atoms with Crippen LogP contribution < -0.4 is 0 Å². The monoisotopic (exact) mass is 477 g/mol. The van der Waals surface area contributed by atoms with Gasteiger partial charge in [-0.25, -0.2) is 4.39 Å². The van der Waals surface area contributed by atoms with E-state index in [2.05, 4.69) is 13.8 Å². The zero-order valence-corrected chi connectivity index (χ0v) is 20.1. The van der Waals surface area contributed by atoms with Gasteiger partial charge in [-0.15, -0.1) is 0 Å². The second-order valence-electron chi connectivity index (χ2n) is 8.28. The van der Waals surface area contributed by atoms with Gasteiger partial charge in [0.1, 0.15) is 5.67 Å². The summed E-state index contributed by atoms with van der Waals surface area (Å²) in [5.41, 5.74) is 0.122. The summed E-state index contributed by atoms with van der Waals surface area (Å²) in [4.78, 5) is 13.9. The van der Waals surface area contributed by atoms with Crippen molar-refractivity contribution in [1.29, 1.82) is 0 Å². The molecule has 0 spiro atoms. The van der Waals surface area contributed by atoms with Crippen LogP contribution in [0.3, 0.4) is 0 Å². The molecule has 1 amide bonds. The molecule has 2 atom stereocenters. The summed E-state index contributed by atoms with van der Waals surface area (Å²) in [6.07, 6.45) is 5.20. The van der Waals surface area contributed by atoms with Crippen molar-refractivity contribution in [3.8, 4) is 0 Å². The third kappa shape index (κ3) is 6.61. The Morgan fingerprint density at radius 1 is 1.23 bits per heavy atom. The molecule has 0 radical (unpaired) electrons. The molecule has 1 fully saturated rings. The summed E-state index contributed by atoms with van der Waals surface area (Å²) in [6.45, 7) is 6.59. The maximum atomic E-state index is 15.1. The molecule has 0 aromatic heterocycles. The molecular weight excluding hydrogens is 452 g/mol. The van der Waals surface area contributed by atoms with E-state index >= 15 is 4.39 Å². The third-order valence-electron chi connectivity index (χ3n) is 4.99. The van der Waals surface area contributed by atoms with E-state index in [9.17, 15) is 4.79 Å². The average Bonchev–Trinajstić information content (AvgIpc) is 3.40. The second-order valence-corrected chi connectivity index (χ2v) is 10.2. The minimum Gasteiger partial charge on any atom is -0.278 e.